The van der Waals surface area contributed by atoms with E-state index < -0.39 is 0 Å². The molecule has 0 aromatic heterocycles. The second kappa shape index (κ2) is 31.3. The van der Waals surface area contributed by atoms with Crippen molar-refractivity contribution in [1.82, 2.24) is 0 Å². The fraction of sp³-hybridized carbons (Fsp3) is 0.357. The predicted molar refractivity (Wildman–Crippen MR) is 95.9 cm³/mol. The third kappa shape index (κ3) is 45.5. The molecule has 0 saturated carbocycles. The maximum absolute atomic E-state index is 2.99. The summed E-state index contributed by atoms with van der Waals surface area (Å²) in [4.78, 5) is 0. The van der Waals surface area contributed by atoms with E-state index in [1.807, 2.05) is 31.2 Å². The molecule has 0 amide bonds. The van der Waals surface area contributed by atoms with Crippen molar-refractivity contribution in [3.63, 3.8) is 0 Å². The van der Waals surface area contributed by atoms with Crippen molar-refractivity contribution in [2.75, 3.05) is 0 Å². The maximum atomic E-state index is 2.99. The molecule has 19 heavy (non-hydrogen) atoms. The van der Waals surface area contributed by atoms with Crippen LogP contribution in [0, 0.1) is 19.6 Å². The summed E-state index contributed by atoms with van der Waals surface area (Å²) >= 11 is 1.58. The first-order valence-electron chi connectivity index (χ1n) is 5.29. The molecule has 2 aliphatic carbocycles. The van der Waals surface area contributed by atoms with E-state index in [-0.39, 0.29) is 41.0 Å². The molecule has 111 valence electrons. The molecule has 0 bridgehead atoms. The van der Waals surface area contributed by atoms with Gasteiger partial charge in [-0.3, -0.25) is 12.2 Å². The minimum absolute atomic E-state index is 0. The Kier molecular flexibility index (Phi) is 52.7. The molecule has 2 aliphatic rings. The summed E-state index contributed by atoms with van der Waals surface area (Å²) in [5.41, 5.74) is 0. The Balaban J connectivity index is -0.0000000454. The first kappa shape index (κ1) is 32.0. The summed E-state index contributed by atoms with van der Waals surface area (Å²) in [5, 5.41) is 0. The summed E-state index contributed by atoms with van der Waals surface area (Å²) in [6, 6.07) is 0. The van der Waals surface area contributed by atoms with Crippen molar-refractivity contribution in [2.45, 2.75) is 32.5 Å². The SMILES string of the molecule is C[Si](C)C.Cl.Cl.[C-]1=CC=CC1.[C-]1=CC=CC1.[CH3-].[SiH2]=[Zr]. The fourth-order valence-electron chi connectivity index (χ4n) is 0.680. The van der Waals surface area contributed by atoms with Crippen LogP contribution in [0.5, 0.6) is 0 Å². The topological polar surface area (TPSA) is 0 Å². The van der Waals surface area contributed by atoms with E-state index in [2.05, 4.69) is 43.9 Å². The molecule has 1 radical (unpaired) electrons. The summed E-state index contributed by atoms with van der Waals surface area (Å²) in [6.07, 6.45) is 20.0. The molecule has 0 aromatic carbocycles. The van der Waals surface area contributed by atoms with Crippen molar-refractivity contribution < 1.29 is 23.3 Å². The zero-order valence-electron chi connectivity index (χ0n) is 12.4. The van der Waals surface area contributed by atoms with Crippen LogP contribution in [0.4, 0.5) is 0 Å². The molecule has 0 aromatic rings. The Bertz CT molecular complexity index is 205. The molecule has 5 heteroatoms. The first-order valence-corrected chi connectivity index (χ1v) is 14.2. The summed E-state index contributed by atoms with van der Waals surface area (Å²) in [7, 11) is 0.120. The van der Waals surface area contributed by atoms with Crippen LogP contribution in [0.1, 0.15) is 12.8 Å². The molecule has 0 heterocycles. The molecule has 0 fully saturated rings. The van der Waals surface area contributed by atoms with Crippen LogP contribution in [-0.2, 0) is 23.3 Å². The molecule has 0 atom stereocenters. The van der Waals surface area contributed by atoms with Crippen molar-refractivity contribution in [1.29, 1.82) is 0 Å². The number of allylic oxidation sites excluding steroid dienone is 8. The molecule has 0 saturated heterocycles. The van der Waals surface area contributed by atoms with Crippen LogP contribution < -0.4 is 0 Å². The van der Waals surface area contributed by atoms with E-state index in [1.54, 1.807) is 23.3 Å². The van der Waals surface area contributed by atoms with Gasteiger partial charge in [-0.1, -0.05) is 19.6 Å². The van der Waals surface area contributed by atoms with Gasteiger partial charge in [0.25, 0.3) is 0 Å². The molecule has 0 unspecified atom stereocenters. The van der Waals surface area contributed by atoms with Crippen molar-refractivity contribution in [2.24, 2.45) is 0 Å². The van der Waals surface area contributed by atoms with Gasteiger partial charge in [0.1, 0.15) is 0 Å². The quantitative estimate of drug-likeness (QED) is 0.410. The third-order valence-corrected chi connectivity index (χ3v) is 1.17. The van der Waals surface area contributed by atoms with E-state index in [4.69, 9.17) is 0 Å². The molecule has 0 N–H and O–H groups in total. The van der Waals surface area contributed by atoms with E-state index in [9.17, 15) is 0 Å². The Morgan fingerprint density at radius 3 is 1.21 bits per heavy atom. The van der Waals surface area contributed by atoms with Gasteiger partial charge >= 0.3 is 30.2 Å². The predicted octanol–water partition coefficient (Wildman–Crippen LogP) is 4.36. The Morgan fingerprint density at radius 1 is 0.895 bits per heavy atom. The Morgan fingerprint density at radius 2 is 1.16 bits per heavy atom. The van der Waals surface area contributed by atoms with Crippen LogP contribution in [-0.4, -0.2) is 15.7 Å². The van der Waals surface area contributed by atoms with Crippen molar-refractivity contribution in [3.05, 3.63) is 56.0 Å². The zero-order chi connectivity index (χ0) is 12.6. The van der Waals surface area contributed by atoms with Crippen LogP contribution in [0.15, 0.2) is 36.5 Å². The number of rotatable bonds is 0. The normalized spacial score (nSPS) is 11.3. The van der Waals surface area contributed by atoms with Gasteiger partial charge in [0.15, 0.2) is 0 Å². The number of halogens is 2. The monoisotopic (exact) mass is 410 g/mol. The van der Waals surface area contributed by atoms with E-state index in [1.165, 1.54) is 0 Å². The van der Waals surface area contributed by atoms with E-state index >= 15 is 0 Å². The molecule has 2 rings (SSSR count). The van der Waals surface area contributed by atoms with Gasteiger partial charge in [-0.05, 0) is 0 Å². The number of hydrogen-bond donors (Lipinski definition) is 0. The summed E-state index contributed by atoms with van der Waals surface area (Å²) < 4.78 is 0. The Hall–Kier alpha value is 0.857. The summed E-state index contributed by atoms with van der Waals surface area (Å²) in [6.45, 7) is 8.76. The second-order valence-corrected chi connectivity index (χ2v) is 6.51. The van der Waals surface area contributed by atoms with Gasteiger partial charge in [-0.25, -0.2) is 24.3 Å². The fourth-order valence-corrected chi connectivity index (χ4v) is 0.680. The van der Waals surface area contributed by atoms with Crippen molar-refractivity contribution >= 4 is 40.5 Å². The molecule has 0 spiro atoms. The van der Waals surface area contributed by atoms with Gasteiger partial charge in [-0.15, -0.1) is 37.7 Å². The average Bonchev–Trinajstić information content (AvgIpc) is 2.99. The van der Waals surface area contributed by atoms with Crippen molar-refractivity contribution in [3.8, 4) is 0 Å². The van der Waals surface area contributed by atoms with Crippen LogP contribution >= 0.6 is 24.8 Å². The first-order chi connectivity index (χ1) is 7.73. The standard InChI is InChI=1S/2C5H5.C3H9Si.CH3.2ClH.H2Si.Zr/c2*1-2-4-5-3-1;1-4(2)3;;;;;/h2*1-3H,4H2;1-3H3;1H3;2*1H;1H2;/q2*-1;;-1;;;;. The van der Waals surface area contributed by atoms with E-state index in [0.717, 1.165) is 12.8 Å². The van der Waals surface area contributed by atoms with Gasteiger partial charge < -0.3 is 7.43 Å². The average molecular weight is 413 g/mol. The minimum atomic E-state index is 0. The molecule has 0 nitrogen and oxygen atoms in total. The second-order valence-electron chi connectivity index (χ2n) is 3.51. The van der Waals surface area contributed by atoms with E-state index in [0.29, 0.717) is 0 Å². The van der Waals surface area contributed by atoms with Crippen LogP contribution in [0.2, 0.25) is 19.6 Å². The van der Waals surface area contributed by atoms with Gasteiger partial charge in [0, 0.05) is 8.80 Å². The Labute approximate surface area is 151 Å². The van der Waals surface area contributed by atoms with Gasteiger partial charge in [-0.2, -0.15) is 12.2 Å². The molecule has 0 aliphatic heterocycles. The number of hydrogen-bond acceptors (Lipinski definition) is 0. The molecular weight excluding hydrogens is 386 g/mol. The van der Waals surface area contributed by atoms with Gasteiger partial charge in [0.2, 0.25) is 0 Å². The van der Waals surface area contributed by atoms with Gasteiger partial charge in [0.05, 0.1) is 0 Å². The third-order valence-electron chi connectivity index (χ3n) is 1.17. The summed E-state index contributed by atoms with van der Waals surface area (Å²) in [5.74, 6) is 0. The van der Waals surface area contributed by atoms with Crippen LogP contribution in [0.25, 0.3) is 0 Å². The zero-order valence-corrected chi connectivity index (χ0v) is 18.9. The van der Waals surface area contributed by atoms with Crippen LogP contribution in [0.3, 0.4) is 0 Å². The molecular formula is C14H26Cl2Si2Zr-3.